The Kier molecular flexibility index (Phi) is 0.412. The van der Waals surface area contributed by atoms with E-state index in [0.717, 1.165) is 0 Å². The van der Waals surface area contributed by atoms with E-state index in [-0.39, 0.29) is 17.3 Å². The summed E-state index contributed by atoms with van der Waals surface area (Å²) in [6.07, 6.45) is 1.53. The molecule has 1 spiro atoms. The Morgan fingerprint density at radius 3 is 1.22 bits per heavy atom. The molecule has 1 N–H and O–H groups in total. The van der Waals surface area contributed by atoms with Crippen LogP contribution in [0.15, 0.2) is 0 Å². The van der Waals surface area contributed by atoms with Crippen molar-refractivity contribution in [2.75, 3.05) is 6.61 Å². The van der Waals surface area contributed by atoms with Gasteiger partial charge in [0.1, 0.15) is 0 Å². The predicted octanol–water partition coefficient (Wildman–Crippen LogP) is 5.43. The van der Waals surface area contributed by atoms with E-state index in [1.54, 1.807) is 0 Å². The van der Waals surface area contributed by atoms with Crippen LogP contribution in [0.1, 0.15) is 55.4 Å². The van der Waals surface area contributed by atoms with Gasteiger partial charge in [0.2, 0.25) is 0 Å². The summed E-state index contributed by atoms with van der Waals surface area (Å²) in [5.41, 5.74) is 0. The molecular weight excluding hydrogens is 328 g/mol. The zero-order valence-corrected chi connectivity index (χ0v) is 16.6. The van der Waals surface area contributed by atoms with Gasteiger partial charge < -0.3 is 0 Å². The molecule has 0 saturated carbocycles. The molecule has 10 saturated heterocycles. The Labute approximate surface area is 128 Å². The monoisotopic (exact) mass is 356 g/mol. The van der Waals surface area contributed by atoms with Gasteiger partial charge in [-0.3, -0.25) is 0 Å². The van der Waals surface area contributed by atoms with E-state index in [1.165, 1.54) is 6.29 Å². The van der Waals surface area contributed by atoms with Crippen molar-refractivity contribution < 1.29 is 16.4 Å². The van der Waals surface area contributed by atoms with Gasteiger partial charge in [0.05, 0.1) is 0 Å². The number of carbonyl (C=O) groups is 1. The van der Waals surface area contributed by atoms with E-state index in [2.05, 4.69) is 55.4 Å². The van der Waals surface area contributed by atoms with Crippen molar-refractivity contribution in [3.05, 3.63) is 0 Å². The molecule has 2 nitrogen and oxygen atoms in total. The first-order valence-corrected chi connectivity index (χ1v) is 15.0. The molecule has 3 heteroatoms. The van der Waals surface area contributed by atoms with Gasteiger partial charge in [-0.25, -0.2) is 0 Å². The van der Waals surface area contributed by atoms with Crippen LogP contribution in [0.4, 0.5) is 0 Å². The first kappa shape index (κ1) is 11.0. The number of fused-ring (bicyclic) bond motifs is 10. The molecule has 0 bridgehead atoms. The summed E-state index contributed by atoms with van der Waals surface area (Å²) in [4.78, 5) is 13.0. The van der Waals surface area contributed by atoms with E-state index in [1.807, 2.05) is 0 Å². The number of hydrogen-bond acceptors (Lipinski definition) is 2. The van der Waals surface area contributed by atoms with Gasteiger partial charge in [-0.2, -0.15) is 0 Å². The maximum absolute atomic E-state index is 13.0. The van der Waals surface area contributed by atoms with E-state index in [4.69, 9.17) is 0 Å². The van der Waals surface area contributed by atoms with Gasteiger partial charge in [0.15, 0.2) is 0 Å². The molecule has 10 aliphatic heterocycles. The summed E-state index contributed by atoms with van der Waals surface area (Å²) < 4.78 is 3.09. The molecule has 0 aliphatic carbocycles. The molecule has 0 aromatic carbocycles. The Bertz CT molecular complexity index is 1310. The van der Waals surface area contributed by atoms with Crippen LogP contribution in [0.25, 0.3) is 0 Å². The molecule has 10 aliphatic rings. The predicted molar refractivity (Wildman–Crippen MR) is 85.5 cm³/mol. The van der Waals surface area contributed by atoms with Crippen molar-refractivity contribution in [3.8, 4) is 0 Å². The molecule has 0 aromatic rings. The Hall–Kier alpha value is 0.149. The average molecular weight is 356 g/mol. The van der Waals surface area contributed by atoms with Crippen LogP contribution in [0.5, 0.6) is 0 Å². The third kappa shape index (κ3) is 0.0751. The van der Waals surface area contributed by atoms with Crippen LogP contribution in [0.2, 0.25) is 43.1 Å². The summed E-state index contributed by atoms with van der Waals surface area (Å²) in [6.45, 7) is 16.6. The van der Waals surface area contributed by atoms with Gasteiger partial charge in [-0.05, 0) is 0 Å². The standard InChI is InChI=1S/C10H13O2.C10H15.Fe/c1-6-7(2)10(5-12)8(3)9(6)4-11;1-6-7(2)9(4)10(5)8(6)3;/h4,12H,5H2,1-3H3;1-5H3;. The van der Waals surface area contributed by atoms with E-state index in [9.17, 15) is 9.90 Å². The number of aliphatic hydroxyl groups is 1. The van der Waals surface area contributed by atoms with Crippen molar-refractivity contribution in [1.82, 2.24) is 0 Å². The van der Waals surface area contributed by atoms with Gasteiger partial charge >= 0.3 is 128 Å². The maximum atomic E-state index is 13.0. The van der Waals surface area contributed by atoms with Crippen LogP contribution in [0.3, 0.4) is 0 Å². The summed E-state index contributed by atoms with van der Waals surface area (Å²) in [5, 5.41) is 11.0. The Morgan fingerprint density at radius 2 is 1.09 bits per heavy atom. The van der Waals surface area contributed by atoms with Gasteiger partial charge in [0, 0.05) is 0 Å². The van der Waals surface area contributed by atoms with Crippen molar-refractivity contribution in [2.24, 2.45) is 0 Å². The number of aliphatic hydroxyl groups excluding tert-OH is 1. The average Bonchev–Trinajstić information content (AvgIpc) is 3.46. The van der Waals surface area contributed by atoms with E-state index >= 15 is 0 Å². The fourth-order valence-electron chi connectivity index (χ4n) is 30.5. The molecule has 23 heavy (non-hydrogen) atoms. The Morgan fingerprint density at radius 1 is 0.696 bits per heavy atom. The van der Waals surface area contributed by atoms with E-state index in [0.29, 0.717) is 32.5 Å². The van der Waals surface area contributed by atoms with Crippen molar-refractivity contribution in [1.29, 1.82) is 0 Å². The summed E-state index contributed by atoms with van der Waals surface area (Å²) in [7, 11) is 0. The fraction of sp³-hybridized carbons (Fsp3) is 0.950. The number of rotatable bonds is 2. The molecule has 10 rings (SSSR count). The van der Waals surface area contributed by atoms with Gasteiger partial charge in [0.25, 0.3) is 0 Å². The third-order valence-electron chi connectivity index (χ3n) is 23.3. The molecule has 0 amide bonds. The zero-order valence-electron chi connectivity index (χ0n) is 15.5. The van der Waals surface area contributed by atoms with Crippen LogP contribution >= 0.6 is 0 Å². The SMILES string of the molecule is C[C]12[C]3(C)[C]4(C)[C]5(C)[C]1(C)[Fe]23451678[C]2(C)[C]1(C)[C]6(CO)[C]7(C)[C]28C=O. The molecule has 5 unspecified atom stereocenters. The van der Waals surface area contributed by atoms with Gasteiger partial charge in [-0.15, -0.1) is 0 Å². The quantitative estimate of drug-likeness (QED) is 0.529. The summed E-state index contributed by atoms with van der Waals surface area (Å²) >= 11 is 0. The Balaban J connectivity index is 1.85. The number of aldehydes is 1. The molecular formula is C20H28FeO2. The molecule has 0 aromatic heterocycles. The van der Waals surface area contributed by atoms with Crippen LogP contribution in [-0.4, -0.2) is 18.0 Å². The topological polar surface area (TPSA) is 37.3 Å². The zero-order chi connectivity index (χ0) is 16.7. The third-order valence-corrected chi connectivity index (χ3v) is 79.4. The van der Waals surface area contributed by atoms with Crippen LogP contribution < -0.4 is 0 Å². The fourth-order valence-corrected chi connectivity index (χ4v) is 132. The molecule has 128 valence electrons. The second kappa shape index (κ2) is 0.863. The second-order valence-corrected chi connectivity index (χ2v) is 36.6. The molecule has 5 atom stereocenters. The van der Waals surface area contributed by atoms with Crippen LogP contribution in [0, 0.1) is 0 Å². The minimum atomic E-state index is -4.68. The number of carbonyl (C=O) groups excluding carboxylic acids is 1. The first-order chi connectivity index (χ1) is 10.2. The first-order valence-electron chi connectivity index (χ1n) is 9.46. The minimum absolute atomic E-state index is 0.00757. The van der Waals surface area contributed by atoms with Crippen molar-refractivity contribution in [3.63, 3.8) is 0 Å². The second-order valence-electron chi connectivity index (χ2n) is 13.6. The van der Waals surface area contributed by atoms with Crippen molar-refractivity contribution in [2.45, 2.75) is 98.5 Å². The summed E-state index contributed by atoms with van der Waals surface area (Å²) in [6, 6.07) is 0. The van der Waals surface area contributed by atoms with Crippen molar-refractivity contribution >= 4 is 6.29 Å². The van der Waals surface area contributed by atoms with Crippen LogP contribution in [-0.2, 0) is 11.3 Å². The normalized spacial score (nSPS) is 120. The van der Waals surface area contributed by atoms with Gasteiger partial charge in [-0.1, -0.05) is 0 Å². The van der Waals surface area contributed by atoms with E-state index < -0.39 is 6.51 Å². The summed E-state index contributed by atoms with van der Waals surface area (Å²) in [5.74, 6) is 0. The molecule has 0 radical (unpaired) electrons. The molecule has 10 heterocycles. The number of hydrogen-bond donors (Lipinski definition) is 1. The molecule has 10 fully saturated rings.